The smallest absolute Gasteiger partial charge is 0.231 e. The second-order valence-corrected chi connectivity index (χ2v) is 6.31. The molecule has 0 radical (unpaired) electrons. The van der Waals surface area contributed by atoms with Gasteiger partial charge in [-0.1, -0.05) is 42.8 Å². The molecule has 0 aliphatic carbocycles. The first-order valence-electron chi connectivity index (χ1n) is 8.55. The molecule has 0 amide bonds. The molecule has 2 N–H and O–H groups in total. The average molecular weight is 467 g/mol. The SMILES string of the molecule is CN=C(NCc1ccc2c(c1)OCO2)NCC(C)c1ccc(C)cc1.I. The molecule has 2 aromatic rings. The molecule has 140 valence electrons. The first-order chi connectivity index (χ1) is 12.2. The van der Waals surface area contributed by atoms with E-state index < -0.39 is 0 Å². The highest BCUT2D eigenvalue weighted by Crippen LogP contribution is 2.32. The number of hydrogen-bond donors (Lipinski definition) is 2. The van der Waals surface area contributed by atoms with Gasteiger partial charge in [0.2, 0.25) is 6.79 Å². The van der Waals surface area contributed by atoms with Crippen LogP contribution in [0.5, 0.6) is 11.5 Å². The Morgan fingerprint density at radius 2 is 1.81 bits per heavy atom. The molecule has 0 saturated heterocycles. The molecule has 0 fully saturated rings. The number of guanidine groups is 1. The summed E-state index contributed by atoms with van der Waals surface area (Å²) in [5, 5.41) is 6.72. The van der Waals surface area contributed by atoms with Crippen LogP contribution in [-0.2, 0) is 6.54 Å². The zero-order chi connectivity index (χ0) is 17.6. The van der Waals surface area contributed by atoms with Crippen LogP contribution in [0.3, 0.4) is 0 Å². The predicted octanol–water partition coefficient (Wildman–Crippen LogP) is 3.81. The molecule has 6 heteroatoms. The lowest BCUT2D eigenvalue weighted by Gasteiger charge is -2.16. The third-order valence-electron chi connectivity index (χ3n) is 4.34. The summed E-state index contributed by atoms with van der Waals surface area (Å²) in [5.41, 5.74) is 3.73. The minimum atomic E-state index is 0. The van der Waals surface area contributed by atoms with Crippen molar-refractivity contribution >= 4 is 29.9 Å². The van der Waals surface area contributed by atoms with Crippen LogP contribution in [0.25, 0.3) is 0 Å². The lowest BCUT2D eigenvalue weighted by molar-refractivity contribution is 0.174. The van der Waals surface area contributed by atoms with Crippen molar-refractivity contribution < 1.29 is 9.47 Å². The summed E-state index contributed by atoms with van der Waals surface area (Å²) in [6.07, 6.45) is 0. The van der Waals surface area contributed by atoms with Crippen molar-refractivity contribution in [2.24, 2.45) is 4.99 Å². The maximum Gasteiger partial charge on any atom is 0.231 e. The van der Waals surface area contributed by atoms with E-state index in [1.807, 2.05) is 18.2 Å². The van der Waals surface area contributed by atoms with E-state index in [9.17, 15) is 0 Å². The number of fused-ring (bicyclic) bond motifs is 1. The second kappa shape index (κ2) is 9.66. The number of nitrogens with one attached hydrogen (secondary N) is 2. The Hall–Kier alpha value is -1.96. The van der Waals surface area contributed by atoms with Gasteiger partial charge < -0.3 is 20.1 Å². The van der Waals surface area contributed by atoms with Crippen LogP contribution in [0.2, 0.25) is 0 Å². The topological polar surface area (TPSA) is 54.9 Å². The fraction of sp³-hybridized carbons (Fsp3) is 0.350. The van der Waals surface area contributed by atoms with E-state index in [2.05, 4.69) is 53.7 Å². The summed E-state index contributed by atoms with van der Waals surface area (Å²) in [7, 11) is 1.78. The number of nitrogens with zero attached hydrogens (tertiary/aromatic N) is 1. The third kappa shape index (κ3) is 5.27. The Labute approximate surface area is 172 Å². The van der Waals surface area contributed by atoms with Gasteiger partial charge >= 0.3 is 0 Å². The first kappa shape index (κ1) is 20.4. The molecule has 1 heterocycles. The van der Waals surface area contributed by atoms with Crippen LogP contribution >= 0.6 is 24.0 Å². The molecule has 0 bridgehead atoms. The number of aliphatic imine (C=N–C) groups is 1. The van der Waals surface area contributed by atoms with Crippen molar-refractivity contribution in [3.05, 3.63) is 59.2 Å². The summed E-state index contributed by atoms with van der Waals surface area (Å²) in [6, 6.07) is 14.6. The van der Waals surface area contributed by atoms with Crippen LogP contribution in [0.1, 0.15) is 29.5 Å². The van der Waals surface area contributed by atoms with Crippen LogP contribution in [0.15, 0.2) is 47.5 Å². The second-order valence-electron chi connectivity index (χ2n) is 6.31. The van der Waals surface area contributed by atoms with Gasteiger partial charge in [0.15, 0.2) is 17.5 Å². The molecule has 0 aromatic heterocycles. The molecule has 1 unspecified atom stereocenters. The van der Waals surface area contributed by atoms with Crippen molar-refractivity contribution in [2.75, 3.05) is 20.4 Å². The van der Waals surface area contributed by atoms with Gasteiger partial charge in [0.05, 0.1) is 0 Å². The van der Waals surface area contributed by atoms with E-state index in [1.54, 1.807) is 7.05 Å². The largest absolute Gasteiger partial charge is 0.454 e. The van der Waals surface area contributed by atoms with Crippen molar-refractivity contribution in [3.63, 3.8) is 0 Å². The van der Waals surface area contributed by atoms with Gasteiger partial charge in [0.25, 0.3) is 0 Å². The standard InChI is InChI=1S/C20H25N3O2.HI/c1-14-4-7-17(8-5-14)15(2)11-22-20(21-3)23-12-16-6-9-18-19(10-16)25-13-24-18;/h4-10,15H,11-13H2,1-3H3,(H2,21,22,23);1H. The summed E-state index contributed by atoms with van der Waals surface area (Å²) < 4.78 is 10.7. The Bertz CT molecular complexity index is 747. The van der Waals surface area contributed by atoms with Gasteiger partial charge in [-0.25, -0.2) is 0 Å². The number of rotatable bonds is 5. The molecule has 1 atom stereocenters. The van der Waals surface area contributed by atoms with Gasteiger partial charge in [0, 0.05) is 20.1 Å². The zero-order valence-corrected chi connectivity index (χ0v) is 17.7. The summed E-state index contributed by atoms with van der Waals surface area (Å²) >= 11 is 0. The molecule has 5 nitrogen and oxygen atoms in total. The Kier molecular flexibility index (Phi) is 7.56. The van der Waals surface area contributed by atoms with Crippen molar-refractivity contribution in [3.8, 4) is 11.5 Å². The normalized spacial score (nSPS) is 13.7. The van der Waals surface area contributed by atoms with Gasteiger partial charge in [-0.05, 0) is 36.1 Å². The van der Waals surface area contributed by atoms with Crippen LogP contribution < -0.4 is 20.1 Å². The van der Waals surface area contributed by atoms with E-state index in [0.717, 1.165) is 29.6 Å². The number of hydrogen-bond acceptors (Lipinski definition) is 3. The molecule has 26 heavy (non-hydrogen) atoms. The minimum Gasteiger partial charge on any atom is -0.454 e. The lowest BCUT2D eigenvalue weighted by Crippen LogP contribution is -2.38. The summed E-state index contributed by atoms with van der Waals surface area (Å²) in [5.74, 6) is 2.80. The summed E-state index contributed by atoms with van der Waals surface area (Å²) in [4.78, 5) is 4.29. The maximum absolute atomic E-state index is 5.41. The predicted molar refractivity (Wildman–Crippen MR) is 116 cm³/mol. The maximum atomic E-state index is 5.41. The molecule has 1 aliphatic heterocycles. The Balaban J connectivity index is 0.00000243. The average Bonchev–Trinajstić information content (AvgIpc) is 3.10. The summed E-state index contributed by atoms with van der Waals surface area (Å²) in [6.45, 7) is 6.11. The van der Waals surface area contributed by atoms with Gasteiger partial charge in [-0.15, -0.1) is 24.0 Å². The first-order valence-corrected chi connectivity index (χ1v) is 8.55. The Morgan fingerprint density at radius 1 is 1.08 bits per heavy atom. The Morgan fingerprint density at radius 3 is 2.54 bits per heavy atom. The molecule has 3 rings (SSSR count). The van der Waals surface area contributed by atoms with Crippen molar-refractivity contribution in [2.45, 2.75) is 26.3 Å². The molecule has 2 aromatic carbocycles. The van der Waals surface area contributed by atoms with Crippen LogP contribution in [-0.4, -0.2) is 26.3 Å². The fourth-order valence-corrected chi connectivity index (χ4v) is 2.72. The van der Waals surface area contributed by atoms with E-state index in [-0.39, 0.29) is 24.0 Å². The highest BCUT2D eigenvalue weighted by molar-refractivity contribution is 14.0. The van der Waals surface area contributed by atoms with Gasteiger partial charge in [-0.2, -0.15) is 0 Å². The van der Waals surface area contributed by atoms with E-state index in [0.29, 0.717) is 19.3 Å². The van der Waals surface area contributed by atoms with Crippen LogP contribution in [0, 0.1) is 6.92 Å². The molecular formula is C20H26IN3O2. The van der Waals surface area contributed by atoms with Gasteiger partial charge in [-0.3, -0.25) is 4.99 Å². The monoisotopic (exact) mass is 467 g/mol. The molecular weight excluding hydrogens is 441 g/mol. The minimum absolute atomic E-state index is 0. The van der Waals surface area contributed by atoms with Crippen molar-refractivity contribution in [1.29, 1.82) is 0 Å². The van der Waals surface area contributed by atoms with E-state index in [1.165, 1.54) is 11.1 Å². The molecule has 0 spiro atoms. The van der Waals surface area contributed by atoms with Crippen LogP contribution in [0.4, 0.5) is 0 Å². The lowest BCUT2D eigenvalue weighted by atomic mass is 10.0. The number of ether oxygens (including phenoxy) is 2. The fourth-order valence-electron chi connectivity index (χ4n) is 2.72. The van der Waals surface area contributed by atoms with E-state index in [4.69, 9.17) is 9.47 Å². The number of halogens is 1. The zero-order valence-electron chi connectivity index (χ0n) is 15.4. The molecule has 0 saturated carbocycles. The third-order valence-corrected chi connectivity index (χ3v) is 4.34. The number of aryl methyl sites for hydroxylation is 1. The quantitative estimate of drug-likeness (QED) is 0.399. The highest BCUT2D eigenvalue weighted by atomic mass is 127. The van der Waals surface area contributed by atoms with E-state index >= 15 is 0 Å². The molecule has 1 aliphatic rings. The van der Waals surface area contributed by atoms with Crippen molar-refractivity contribution in [1.82, 2.24) is 10.6 Å². The van der Waals surface area contributed by atoms with Gasteiger partial charge in [0.1, 0.15) is 0 Å². The number of benzene rings is 2. The highest BCUT2D eigenvalue weighted by Gasteiger charge is 2.13.